The van der Waals surface area contributed by atoms with Crippen molar-refractivity contribution in [1.29, 1.82) is 0 Å². The van der Waals surface area contributed by atoms with Crippen LogP contribution in [0.4, 0.5) is 0 Å². The minimum Gasteiger partial charge on any atom is -0.302 e. The number of aromatic nitrogens is 3. The van der Waals surface area contributed by atoms with Gasteiger partial charge in [0.05, 0.1) is 17.4 Å². The minimum absolute atomic E-state index is 0.338. The maximum Gasteiger partial charge on any atom is 0.109 e. The molecule has 98 valence electrons. The van der Waals surface area contributed by atoms with E-state index in [-0.39, 0.29) is 0 Å². The highest BCUT2D eigenvalue weighted by atomic mass is 32.1. The number of nitrogens with one attached hydrogen (secondary N) is 1. The van der Waals surface area contributed by atoms with Gasteiger partial charge in [0, 0.05) is 24.7 Å². The highest BCUT2D eigenvalue weighted by Gasteiger charge is 2.12. The summed E-state index contributed by atoms with van der Waals surface area (Å²) in [6.45, 7) is 8.09. The molecule has 0 aliphatic carbocycles. The van der Waals surface area contributed by atoms with Crippen molar-refractivity contribution in [2.24, 2.45) is 0 Å². The third kappa shape index (κ3) is 2.97. The Bertz CT molecular complexity index is 475. The second kappa shape index (κ2) is 6.11. The molecule has 2 aromatic heterocycles. The largest absolute Gasteiger partial charge is 0.302 e. The molecule has 0 spiro atoms. The Kier molecular flexibility index (Phi) is 4.49. The van der Waals surface area contributed by atoms with Crippen LogP contribution in [0.25, 0.3) is 0 Å². The Hall–Kier alpha value is -1.20. The molecule has 0 saturated heterocycles. The van der Waals surface area contributed by atoms with E-state index in [2.05, 4.69) is 40.0 Å². The van der Waals surface area contributed by atoms with Crippen LogP contribution in [0, 0.1) is 6.92 Å². The molecule has 2 rings (SSSR count). The third-order valence-electron chi connectivity index (χ3n) is 2.97. The number of thiazole rings is 1. The molecular formula is C13H20N4S. The van der Waals surface area contributed by atoms with E-state index in [0.29, 0.717) is 6.04 Å². The third-order valence-corrected chi connectivity index (χ3v) is 3.86. The van der Waals surface area contributed by atoms with Crippen LogP contribution in [0.15, 0.2) is 17.6 Å². The summed E-state index contributed by atoms with van der Waals surface area (Å²) < 4.78 is 2.05. The Balaban J connectivity index is 2.01. The summed E-state index contributed by atoms with van der Waals surface area (Å²) >= 11 is 1.71. The second-order valence-electron chi connectivity index (χ2n) is 4.30. The first kappa shape index (κ1) is 13.2. The molecule has 0 fully saturated rings. The molecule has 0 amide bonds. The lowest BCUT2D eigenvalue weighted by atomic mass is 10.2. The number of hydrogen-bond donors (Lipinski definition) is 1. The molecular weight excluding hydrogens is 244 g/mol. The molecule has 0 radical (unpaired) electrons. The van der Waals surface area contributed by atoms with E-state index in [4.69, 9.17) is 0 Å². The Labute approximate surface area is 112 Å². The highest BCUT2D eigenvalue weighted by molar-refractivity contribution is 7.09. The lowest BCUT2D eigenvalue weighted by Crippen LogP contribution is -2.22. The molecule has 0 aliphatic heterocycles. The average molecular weight is 264 g/mol. The van der Waals surface area contributed by atoms with Gasteiger partial charge in [0.25, 0.3) is 0 Å². The molecule has 0 bridgehead atoms. The van der Waals surface area contributed by atoms with E-state index < -0.39 is 0 Å². The monoisotopic (exact) mass is 264 g/mol. The lowest BCUT2D eigenvalue weighted by Gasteiger charge is -2.14. The first-order valence-electron chi connectivity index (χ1n) is 6.40. The van der Waals surface area contributed by atoms with E-state index in [1.807, 2.05) is 18.5 Å². The van der Waals surface area contributed by atoms with Gasteiger partial charge in [-0.05, 0) is 26.3 Å². The fraction of sp³-hybridized carbons (Fsp3) is 0.538. The van der Waals surface area contributed by atoms with E-state index in [0.717, 1.165) is 30.2 Å². The zero-order valence-corrected chi connectivity index (χ0v) is 12.0. The van der Waals surface area contributed by atoms with Crippen LogP contribution in [-0.2, 0) is 13.1 Å². The van der Waals surface area contributed by atoms with Gasteiger partial charge in [0.1, 0.15) is 5.01 Å². The van der Waals surface area contributed by atoms with Crippen molar-refractivity contribution in [3.63, 3.8) is 0 Å². The standard InChI is InChI=1S/C13H20N4S/c1-4-12(13-14-6-7-18-13)15-9-11-8-10(3)16-17(11)5-2/h6-8,12,15H,4-5,9H2,1-3H3. The Morgan fingerprint density at radius 3 is 2.89 bits per heavy atom. The second-order valence-corrected chi connectivity index (χ2v) is 5.23. The maximum absolute atomic E-state index is 4.46. The van der Waals surface area contributed by atoms with Crippen molar-refractivity contribution >= 4 is 11.3 Å². The number of rotatable bonds is 6. The number of hydrogen-bond acceptors (Lipinski definition) is 4. The first-order chi connectivity index (χ1) is 8.74. The van der Waals surface area contributed by atoms with Crippen molar-refractivity contribution < 1.29 is 0 Å². The predicted molar refractivity (Wildman–Crippen MR) is 74.6 cm³/mol. The minimum atomic E-state index is 0.338. The summed E-state index contributed by atoms with van der Waals surface area (Å²) in [5.41, 5.74) is 2.32. The van der Waals surface area contributed by atoms with Gasteiger partial charge in [-0.2, -0.15) is 5.10 Å². The van der Waals surface area contributed by atoms with Crippen LogP contribution in [0.5, 0.6) is 0 Å². The molecule has 1 atom stereocenters. The fourth-order valence-corrected chi connectivity index (χ4v) is 2.85. The molecule has 2 heterocycles. The molecule has 0 aliphatic rings. The van der Waals surface area contributed by atoms with Crippen LogP contribution in [0.2, 0.25) is 0 Å². The summed E-state index contributed by atoms with van der Waals surface area (Å²) in [6.07, 6.45) is 2.91. The van der Waals surface area contributed by atoms with E-state index >= 15 is 0 Å². The molecule has 0 aromatic carbocycles. The number of nitrogens with zero attached hydrogens (tertiary/aromatic N) is 3. The maximum atomic E-state index is 4.46. The van der Waals surface area contributed by atoms with E-state index in [9.17, 15) is 0 Å². The number of aryl methyl sites for hydroxylation is 2. The van der Waals surface area contributed by atoms with Crippen molar-refractivity contribution in [3.05, 3.63) is 34.0 Å². The molecule has 18 heavy (non-hydrogen) atoms. The SMILES string of the molecule is CCC(NCc1cc(C)nn1CC)c1nccs1. The Morgan fingerprint density at radius 1 is 1.44 bits per heavy atom. The first-order valence-corrected chi connectivity index (χ1v) is 7.28. The van der Waals surface area contributed by atoms with Gasteiger partial charge in [-0.15, -0.1) is 11.3 Å². The van der Waals surface area contributed by atoms with Crippen LogP contribution < -0.4 is 5.32 Å². The van der Waals surface area contributed by atoms with Gasteiger partial charge >= 0.3 is 0 Å². The van der Waals surface area contributed by atoms with Crippen molar-refractivity contribution in [2.45, 2.75) is 46.3 Å². The lowest BCUT2D eigenvalue weighted by molar-refractivity contribution is 0.492. The van der Waals surface area contributed by atoms with Gasteiger partial charge in [0.15, 0.2) is 0 Å². The topological polar surface area (TPSA) is 42.7 Å². The van der Waals surface area contributed by atoms with Crippen LogP contribution in [0.3, 0.4) is 0 Å². The average Bonchev–Trinajstić information content (AvgIpc) is 2.99. The molecule has 1 N–H and O–H groups in total. The van der Waals surface area contributed by atoms with Crippen molar-refractivity contribution in [3.8, 4) is 0 Å². The molecule has 4 nitrogen and oxygen atoms in total. The van der Waals surface area contributed by atoms with Gasteiger partial charge in [-0.3, -0.25) is 4.68 Å². The summed E-state index contributed by atoms with van der Waals surface area (Å²) in [6, 6.07) is 2.48. The van der Waals surface area contributed by atoms with Gasteiger partial charge < -0.3 is 5.32 Å². The molecule has 2 aromatic rings. The highest BCUT2D eigenvalue weighted by Crippen LogP contribution is 2.19. The Morgan fingerprint density at radius 2 is 2.28 bits per heavy atom. The molecule has 1 unspecified atom stereocenters. The van der Waals surface area contributed by atoms with Gasteiger partial charge in [0.2, 0.25) is 0 Å². The van der Waals surface area contributed by atoms with Gasteiger partial charge in [-0.25, -0.2) is 4.98 Å². The normalized spacial score (nSPS) is 12.8. The quantitative estimate of drug-likeness (QED) is 0.872. The van der Waals surface area contributed by atoms with Crippen molar-refractivity contribution in [1.82, 2.24) is 20.1 Å². The predicted octanol–water partition coefficient (Wildman–Crippen LogP) is 2.91. The molecule has 5 heteroatoms. The van der Waals surface area contributed by atoms with Crippen molar-refractivity contribution in [2.75, 3.05) is 0 Å². The fourth-order valence-electron chi connectivity index (χ4n) is 2.06. The summed E-state index contributed by atoms with van der Waals surface area (Å²) in [5, 5.41) is 11.2. The zero-order chi connectivity index (χ0) is 13.0. The van der Waals surface area contributed by atoms with E-state index in [1.165, 1.54) is 5.69 Å². The van der Waals surface area contributed by atoms with E-state index in [1.54, 1.807) is 11.3 Å². The summed E-state index contributed by atoms with van der Waals surface area (Å²) in [4.78, 5) is 4.38. The van der Waals surface area contributed by atoms with Crippen LogP contribution in [0.1, 0.15) is 42.7 Å². The summed E-state index contributed by atoms with van der Waals surface area (Å²) in [5.74, 6) is 0. The zero-order valence-electron chi connectivity index (χ0n) is 11.2. The van der Waals surface area contributed by atoms with Crippen LogP contribution >= 0.6 is 11.3 Å². The molecule has 0 saturated carbocycles. The van der Waals surface area contributed by atoms with Crippen LogP contribution in [-0.4, -0.2) is 14.8 Å². The smallest absolute Gasteiger partial charge is 0.109 e. The summed E-state index contributed by atoms with van der Waals surface area (Å²) in [7, 11) is 0. The van der Waals surface area contributed by atoms with Gasteiger partial charge in [-0.1, -0.05) is 6.92 Å².